The highest BCUT2D eigenvalue weighted by Crippen LogP contribution is 2.14. The predicted molar refractivity (Wildman–Crippen MR) is 63.6 cm³/mol. The Bertz CT molecular complexity index is 482. The number of aryl methyl sites for hydroxylation is 1. The fourth-order valence-corrected chi connectivity index (χ4v) is 2.60. The van der Waals surface area contributed by atoms with Crippen LogP contribution in [0.5, 0.6) is 0 Å². The average Bonchev–Trinajstić information content (AvgIpc) is 2.96. The molecule has 0 aliphatic carbocycles. The molecule has 0 bridgehead atoms. The molecule has 0 spiro atoms. The Balaban J connectivity index is 1.58. The van der Waals surface area contributed by atoms with Gasteiger partial charge in [0, 0.05) is 37.8 Å². The van der Waals surface area contributed by atoms with Crippen molar-refractivity contribution < 1.29 is 9.59 Å². The highest BCUT2D eigenvalue weighted by molar-refractivity contribution is 5.90. The molecule has 6 nitrogen and oxygen atoms in total. The quantitative estimate of drug-likeness (QED) is 0.747. The highest BCUT2D eigenvalue weighted by Gasteiger charge is 2.29. The Morgan fingerprint density at radius 1 is 1.44 bits per heavy atom. The second kappa shape index (κ2) is 4.44. The Hall–Kier alpha value is -1.85. The van der Waals surface area contributed by atoms with E-state index in [1.165, 1.54) is 0 Å². The minimum absolute atomic E-state index is 0.0318. The Labute approximate surface area is 105 Å². The Kier molecular flexibility index (Phi) is 2.77. The van der Waals surface area contributed by atoms with Crippen LogP contribution in [0.4, 0.5) is 0 Å². The molecule has 0 unspecified atom stereocenters. The van der Waals surface area contributed by atoms with Gasteiger partial charge in [-0.2, -0.15) is 0 Å². The molecule has 6 heteroatoms. The van der Waals surface area contributed by atoms with Crippen LogP contribution in [0.2, 0.25) is 0 Å². The zero-order valence-corrected chi connectivity index (χ0v) is 10.1. The van der Waals surface area contributed by atoms with Crippen molar-refractivity contribution >= 4 is 11.8 Å². The van der Waals surface area contributed by atoms with Gasteiger partial charge >= 0.3 is 0 Å². The molecule has 18 heavy (non-hydrogen) atoms. The average molecular weight is 248 g/mol. The lowest BCUT2D eigenvalue weighted by Crippen LogP contribution is -2.48. The van der Waals surface area contributed by atoms with E-state index in [2.05, 4.69) is 20.2 Å². The second-order valence-corrected chi connectivity index (χ2v) is 4.90. The predicted octanol–water partition coefficient (Wildman–Crippen LogP) is -0.407. The molecule has 2 aliphatic rings. The fraction of sp³-hybridized carbons (Fsp3) is 0.583. The number of imidazole rings is 1. The summed E-state index contributed by atoms with van der Waals surface area (Å²) in [5.41, 5.74) is 0. The van der Waals surface area contributed by atoms with Gasteiger partial charge in [-0.3, -0.25) is 9.59 Å². The molecule has 3 rings (SSSR count). The number of fused-ring (bicyclic) bond motifs is 1. The van der Waals surface area contributed by atoms with Crippen molar-refractivity contribution in [2.45, 2.75) is 44.3 Å². The van der Waals surface area contributed by atoms with E-state index >= 15 is 0 Å². The number of hydrogen-bond donors (Lipinski definition) is 2. The summed E-state index contributed by atoms with van der Waals surface area (Å²) in [5.74, 6) is 0.986. The van der Waals surface area contributed by atoms with Gasteiger partial charge in [0.25, 0.3) is 0 Å². The van der Waals surface area contributed by atoms with Crippen LogP contribution in [0, 0.1) is 0 Å². The van der Waals surface area contributed by atoms with Crippen molar-refractivity contribution in [3.8, 4) is 0 Å². The smallest absolute Gasteiger partial charge is 0.242 e. The largest absolute Gasteiger partial charge is 0.350 e. The van der Waals surface area contributed by atoms with Crippen molar-refractivity contribution in [1.29, 1.82) is 0 Å². The van der Waals surface area contributed by atoms with Crippen LogP contribution in [-0.2, 0) is 22.6 Å². The topological polar surface area (TPSA) is 76.0 Å². The van der Waals surface area contributed by atoms with Crippen LogP contribution in [0.15, 0.2) is 12.4 Å². The molecule has 2 N–H and O–H groups in total. The third-order valence-electron chi connectivity index (χ3n) is 3.59. The first-order valence-corrected chi connectivity index (χ1v) is 6.32. The number of carbonyl (C=O) groups is 2. The van der Waals surface area contributed by atoms with Crippen molar-refractivity contribution in [2.75, 3.05) is 0 Å². The molecule has 1 saturated heterocycles. The fourth-order valence-electron chi connectivity index (χ4n) is 2.60. The van der Waals surface area contributed by atoms with Crippen molar-refractivity contribution in [2.24, 2.45) is 0 Å². The summed E-state index contributed by atoms with van der Waals surface area (Å²) in [4.78, 5) is 27.3. The summed E-state index contributed by atoms with van der Waals surface area (Å²) in [5, 5.41) is 5.70. The van der Waals surface area contributed by atoms with E-state index in [1.54, 1.807) is 6.20 Å². The third kappa shape index (κ3) is 2.10. The number of rotatable bonds is 2. The van der Waals surface area contributed by atoms with E-state index in [-0.39, 0.29) is 23.9 Å². The molecular formula is C12H16N4O2. The van der Waals surface area contributed by atoms with Crippen molar-refractivity contribution in [1.82, 2.24) is 20.2 Å². The zero-order valence-electron chi connectivity index (χ0n) is 10.1. The molecule has 2 aliphatic heterocycles. The molecule has 3 heterocycles. The van der Waals surface area contributed by atoms with E-state index in [9.17, 15) is 9.59 Å². The minimum Gasteiger partial charge on any atom is -0.350 e. The first-order chi connectivity index (χ1) is 8.72. The van der Waals surface area contributed by atoms with E-state index in [0.717, 1.165) is 25.2 Å². The maximum atomic E-state index is 12.0. The molecule has 1 aromatic rings. The zero-order chi connectivity index (χ0) is 12.5. The monoisotopic (exact) mass is 248 g/mol. The summed E-state index contributed by atoms with van der Waals surface area (Å²) >= 11 is 0. The van der Waals surface area contributed by atoms with E-state index in [0.29, 0.717) is 12.8 Å². The van der Waals surface area contributed by atoms with Gasteiger partial charge in [0.1, 0.15) is 11.9 Å². The highest BCUT2D eigenvalue weighted by atomic mass is 16.2. The summed E-state index contributed by atoms with van der Waals surface area (Å²) in [6.07, 6.45) is 6.57. The minimum atomic E-state index is -0.346. The first kappa shape index (κ1) is 11.3. The lowest BCUT2D eigenvalue weighted by atomic mass is 10.1. The molecule has 2 amide bonds. The summed E-state index contributed by atoms with van der Waals surface area (Å²) in [6.45, 7) is 0.766. The van der Waals surface area contributed by atoms with Crippen LogP contribution in [0.25, 0.3) is 0 Å². The lowest BCUT2D eigenvalue weighted by Gasteiger charge is -2.25. The van der Waals surface area contributed by atoms with Crippen LogP contribution in [0.3, 0.4) is 0 Å². The lowest BCUT2D eigenvalue weighted by molar-refractivity contribution is -0.126. The van der Waals surface area contributed by atoms with E-state index in [4.69, 9.17) is 0 Å². The van der Waals surface area contributed by atoms with Gasteiger partial charge in [-0.1, -0.05) is 0 Å². The van der Waals surface area contributed by atoms with E-state index < -0.39 is 0 Å². The van der Waals surface area contributed by atoms with Gasteiger partial charge in [0.05, 0.1) is 0 Å². The number of carbonyl (C=O) groups excluding carboxylic acids is 2. The number of amides is 2. The molecule has 2 atom stereocenters. The van der Waals surface area contributed by atoms with Gasteiger partial charge in [-0.15, -0.1) is 0 Å². The standard InChI is InChI=1S/C12H16N4O2/c17-11-4-2-9(15-11)12(18)14-8-1-3-10-13-5-6-16(10)7-8/h5-6,8-9H,1-4,7H2,(H,14,18)(H,15,17)/t8-,9+/m0/s1. The number of nitrogens with zero attached hydrogens (tertiary/aromatic N) is 2. The molecule has 1 fully saturated rings. The Morgan fingerprint density at radius 2 is 2.33 bits per heavy atom. The molecule has 0 saturated carbocycles. The van der Waals surface area contributed by atoms with Crippen molar-refractivity contribution in [3.05, 3.63) is 18.2 Å². The SMILES string of the molecule is O=C1CC[C@H](C(=O)N[C@H]2CCc3nccn3C2)N1. The molecule has 0 aromatic carbocycles. The summed E-state index contributed by atoms with van der Waals surface area (Å²) < 4.78 is 2.07. The molecular weight excluding hydrogens is 232 g/mol. The summed E-state index contributed by atoms with van der Waals surface area (Å²) in [7, 11) is 0. The number of hydrogen-bond acceptors (Lipinski definition) is 3. The van der Waals surface area contributed by atoms with Gasteiger partial charge in [-0.05, 0) is 12.8 Å². The van der Waals surface area contributed by atoms with E-state index in [1.807, 2.05) is 6.20 Å². The van der Waals surface area contributed by atoms with Crippen LogP contribution >= 0.6 is 0 Å². The van der Waals surface area contributed by atoms with Gasteiger partial charge in [0.2, 0.25) is 11.8 Å². The molecule has 96 valence electrons. The third-order valence-corrected chi connectivity index (χ3v) is 3.59. The Morgan fingerprint density at radius 3 is 3.11 bits per heavy atom. The number of aromatic nitrogens is 2. The van der Waals surface area contributed by atoms with Gasteiger partial charge < -0.3 is 15.2 Å². The summed E-state index contributed by atoms with van der Waals surface area (Å²) in [6, 6.07) is -0.210. The normalized spacial score (nSPS) is 26.6. The van der Waals surface area contributed by atoms with Crippen LogP contribution in [-0.4, -0.2) is 33.4 Å². The second-order valence-electron chi connectivity index (χ2n) is 4.90. The van der Waals surface area contributed by atoms with Crippen LogP contribution < -0.4 is 10.6 Å². The van der Waals surface area contributed by atoms with Crippen LogP contribution in [0.1, 0.15) is 25.1 Å². The maximum Gasteiger partial charge on any atom is 0.242 e. The van der Waals surface area contributed by atoms with Crippen molar-refractivity contribution in [3.63, 3.8) is 0 Å². The number of nitrogens with one attached hydrogen (secondary N) is 2. The van der Waals surface area contributed by atoms with Gasteiger partial charge in [-0.25, -0.2) is 4.98 Å². The maximum absolute atomic E-state index is 12.0. The first-order valence-electron chi connectivity index (χ1n) is 6.32. The molecule has 1 aromatic heterocycles. The van der Waals surface area contributed by atoms with Gasteiger partial charge in [0.15, 0.2) is 0 Å². The molecule has 0 radical (unpaired) electrons.